The van der Waals surface area contributed by atoms with Crippen LogP contribution in [0.1, 0.15) is 24.5 Å². The number of piperazine rings is 1. The van der Waals surface area contributed by atoms with E-state index < -0.39 is 47.1 Å². The van der Waals surface area contributed by atoms with Crippen LogP contribution in [0.25, 0.3) is 0 Å². The Morgan fingerprint density at radius 3 is 2.19 bits per heavy atom. The summed E-state index contributed by atoms with van der Waals surface area (Å²) in [6.07, 6.45) is 2.65. The van der Waals surface area contributed by atoms with Crippen molar-refractivity contribution in [3.05, 3.63) is 89.8 Å². The Morgan fingerprint density at radius 1 is 0.889 bits per heavy atom. The van der Waals surface area contributed by atoms with Crippen LogP contribution in [0.15, 0.2) is 67.0 Å². The molecule has 5 rings (SSSR count). The molecule has 2 aromatic carbocycles. The van der Waals surface area contributed by atoms with Gasteiger partial charge in [-0.1, -0.05) is 30.0 Å². The van der Waals surface area contributed by atoms with E-state index in [9.17, 15) is 14.4 Å². The van der Waals surface area contributed by atoms with Crippen molar-refractivity contribution in [3.63, 3.8) is 0 Å². The molecule has 3 heterocycles. The van der Waals surface area contributed by atoms with E-state index in [1.54, 1.807) is 36.4 Å². The summed E-state index contributed by atoms with van der Waals surface area (Å²) in [5, 5.41) is 0. The number of anilines is 2. The number of benzene rings is 2. The maximum absolute atomic E-state index is 15.1. The Hall–Kier alpha value is -4.58. The molecule has 180 valence electrons. The van der Waals surface area contributed by atoms with E-state index in [0.717, 1.165) is 12.1 Å². The highest BCUT2D eigenvalue weighted by atomic mass is 19.1. The lowest BCUT2D eigenvalue weighted by atomic mass is 9.88. The molecule has 0 unspecified atom stereocenters. The van der Waals surface area contributed by atoms with Crippen LogP contribution < -0.4 is 9.80 Å². The molecule has 1 aromatic heterocycles. The summed E-state index contributed by atoms with van der Waals surface area (Å²) in [4.78, 5) is 46.9. The van der Waals surface area contributed by atoms with Crippen molar-refractivity contribution in [2.24, 2.45) is 0 Å². The van der Waals surface area contributed by atoms with E-state index in [-0.39, 0.29) is 18.7 Å². The number of fused-ring (bicyclic) bond motifs is 1. The average molecular weight is 486 g/mol. The Morgan fingerprint density at radius 2 is 1.53 bits per heavy atom. The smallest absolute Gasteiger partial charge is 0.308 e. The van der Waals surface area contributed by atoms with Crippen molar-refractivity contribution < 1.29 is 23.2 Å². The summed E-state index contributed by atoms with van der Waals surface area (Å²) in [5.74, 6) is 1.98. The summed E-state index contributed by atoms with van der Waals surface area (Å²) in [5.41, 5.74) is -0.955. The van der Waals surface area contributed by atoms with Gasteiger partial charge in [0, 0.05) is 42.3 Å². The maximum atomic E-state index is 15.1. The monoisotopic (exact) mass is 486 g/mol. The molecule has 2 fully saturated rings. The lowest BCUT2D eigenvalue weighted by Gasteiger charge is -2.51. The number of aromatic nitrogens is 1. The third-order valence-electron chi connectivity index (χ3n) is 6.36. The lowest BCUT2D eigenvalue weighted by molar-refractivity contribution is -0.137. The molecule has 2 aliphatic heterocycles. The van der Waals surface area contributed by atoms with E-state index in [4.69, 9.17) is 0 Å². The fourth-order valence-corrected chi connectivity index (χ4v) is 4.54. The summed E-state index contributed by atoms with van der Waals surface area (Å²) in [6, 6.07) is 13.2. The number of rotatable bonds is 2. The van der Waals surface area contributed by atoms with Crippen LogP contribution in [-0.2, 0) is 9.59 Å². The van der Waals surface area contributed by atoms with Gasteiger partial charge in [-0.2, -0.15) is 0 Å². The SMILES string of the molecule is C[C@@]12CC(=O)N(c3c(F)cc(C#Cc4ccccc4)cc3F)C(=O)N1CCN(c1ccncc1)C2=O. The Kier molecular flexibility index (Phi) is 5.72. The molecule has 0 aliphatic carbocycles. The van der Waals surface area contributed by atoms with Crippen molar-refractivity contribution in [2.75, 3.05) is 22.9 Å². The fraction of sp³-hybridized carbons (Fsp3) is 0.185. The summed E-state index contributed by atoms with van der Waals surface area (Å²) in [7, 11) is 0. The average Bonchev–Trinajstić information content (AvgIpc) is 2.86. The Labute approximate surface area is 205 Å². The van der Waals surface area contributed by atoms with Gasteiger partial charge in [0.2, 0.25) is 5.91 Å². The molecule has 0 N–H and O–H groups in total. The normalized spacial score (nSPS) is 19.6. The number of urea groups is 1. The number of hydrogen-bond donors (Lipinski definition) is 0. The number of pyridine rings is 1. The standard InChI is InChI=1S/C27H20F2N4O3/c1-27-17-23(34)33(26(36)32(27)14-13-31(25(27)35)20-9-11-30-12-10-20)24-21(28)15-19(16-22(24)29)8-7-18-5-3-2-4-6-18/h2-6,9-12,15-16H,13-14,17H2,1H3/t27-/m0/s1. The minimum absolute atomic E-state index is 0.0560. The summed E-state index contributed by atoms with van der Waals surface area (Å²) < 4.78 is 30.2. The van der Waals surface area contributed by atoms with Crippen molar-refractivity contribution in [1.29, 1.82) is 0 Å². The Bertz CT molecular complexity index is 1410. The molecule has 1 atom stereocenters. The third-order valence-corrected chi connectivity index (χ3v) is 6.36. The number of hydrogen-bond acceptors (Lipinski definition) is 4. The van der Waals surface area contributed by atoms with Gasteiger partial charge in [0.1, 0.15) is 11.2 Å². The van der Waals surface area contributed by atoms with Crippen molar-refractivity contribution in [3.8, 4) is 11.8 Å². The molecule has 7 nitrogen and oxygen atoms in total. The molecule has 0 saturated carbocycles. The summed E-state index contributed by atoms with van der Waals surface area (Å²) in [6.45, 7) is 1.73. The fourth-order valence-electron chi connectivity index (χ4n) is 4.54. The van der Waals surface area contributed by atoms with Gasteiger partial charge in [-0.3, -0.25) is 14.6 Å². The first-order valence-electron chi connectivity index (χ1n) is 11.2. The van der Waals surface area contributed by atoms with Crippen LogP contribution in [0, 0.1) is 23.5 Å². The molecule has 3 aromatic rings. The zero-order valence-corrected chi connectivity index (χ0v) is 19.2. The lowest BCUT2D eigenvalue weighted by Crippen LogP contribution is -2.72. The van der Waals surface area contributed by atoms with Gasteiger partial charge in [0.05, 0.1) is 6.42 Å². The van der Waals surface area contributed by atoms with Gasteiger partial charge in [-0.15, -0.1) is 0 Å². The van der Waals surface area contributed by atoms with Gasteiger partial charge in [-0.25, -0.2) is 18.5 Å². The van der Waals surface area contributed by atoms with Gasteiger partial charge < -0.3 is 9.80 Å². The zero-order valence-electron chi connectivity index (χ0n) is 19.2. The molecular formula is C27H20F2N4O3. The quantitative estimate of drug-likeness (QED) is 0.518. The number of halogens is 2. The van der Waals surface area contributed by atoms with Gasteiger partial charge >= 0.3 is 6.03 Å². The van der Waals surface area contributed by atoms with Gasteiger partial charge in [0.25, 0.3) is 5.91 Å². The van der Waals surface area contributed by atoms with Crippen molar-refractivity contribution >= 4 is 29.2 Å². The molecule has 2 saturated heterocycles. The number of carbonyl (C=O) groups is 3. The topological polar surface area (TPSA) is 73.8 Å². The first kappa shape index (κ1) is 23.2. The number of imide groups is 1. The zero-order chi connectivity index (χ0) is 25.4. The van der Waals surface area contributed by atoms with Crippen LogP contribution in [0.3, 0.4) is 0 Å². The van der Waals surface area contributed by atoms with Crippen LogP contribution in [0.5, 0.6) is 0 Å². The molecule has 2 aliphatic rings. The number of amides is 4. The van der Waals surface area contributed by atoms with Gasteiger partial charge in [0.15, 0.2) is 11.6 Å². The predicted octanol–water partition coefficient (Wildman–Crippen LogP) is 3.72. The van der Waals surface area contributed by atoms with E-state index in [0.29, 0.717) is 16.2 Å². The number of carbonyl (C=O) groups excluding carboxylic acids is 3. The first-order valence-corrected chi connectivity index (χ1v) is 11.2. The van der Waals surface area contributed by atoms with E-state index in [1.807, 2.05) is 6.07 Å². The third kappa shape index (κ3) is 3.86. The molecule has 9 heteroatoms. The minimum Gasteiger partial charge on any atom is -0.308 e. The molecule has 0 radical (unpaired) electrons. The van der Waals surface area contributed by atoms with Gasteiger partial charge in [-0.05, 0) is 43.3 Å². The molecule has 0 bridgehead atoms. The minimum atomic E-state index is -1.49. The summed E-state index contributed by atoms with van der Waals surface area (Å²) >= 11 is 0. The first-order chi connectivity index (χ1) is 17.3. The second-order valence-electron chi connectivity index (χ2n) is 8.68. The van der Waals surface area contributed by atoms with Crippen molar-refractivity contribution in [2.45, 2.75) is 18.9 Å². The second-order valence-corrected chi connectivity index (χ2v) is 8.68. The van der Waals surface area contributed by atoms with Crippen LogP contribution >= 0.6 is 0 Å². The number of nitrogens with zero attached hydrogens (tertiary/aromatic N) is 4. The van der Waals surface area contributed by atoms with Crippen LogP contribution in [0.4, 0.5) is 25.0 Å². The highest BCUT2D eigenvalue weighted by Crippen LogP contribution is 2.38. The largest absolute Gasteiger partial charge is 0.332 e. The molecule has 4 amide bonds. The van der Waals surface area contributed by atoms with E-state index in [2.05, 4.69) is 16.8 Å². The van der Waals surface area contributed by atoms with E-state index in [1.165, 1.54) is 29.1 Å². The van der Waals surface area contributed by atoms with Crippen LogP contribution in [-0.4, -0.2) is 46.4 Å². The maximum Gasteiger partial charge on any atom is 0.332 e. The van der Waals surface area contributed by atoms with E-state index >= 15 is 8.78 Å². The second kappa shape index (κ2) is 8.89. The highest BCUT2D eigenvalue weighted by molar-refractivity contribution is 6.20. The predicted molar refractivity (Wildman–Crippen MR) is 128 cm³/mol. The molecular weight excluding hydrogens is 466 g/mol. The molecule has 0 spiro atoms. The van der Waals surface area contributed by atoms with Crippen LogP contribution in [0.2, 0.25) is 0 Å². The molecule has 36 heavy (non-hydrogen) atoms. The Balaban J connectivity index is 1.45. The highest BCUT2D eigenvalue weighted by Gasteiger charge is 2.56. The van der Waals surface area contributed by atoms with Crippen molar-refractivity contribution in [1.82, 2.24) is 9.88 Å².